The van der Waals surface area contributed by atoms with E-state index in [1.165, 1.54) is 6.07 Å². The summed E-state index contributed by atoms with van der Waals surface area (Å²) in [6.45, 7) is 0. The van der Waals surface area contributed by atoms with Crippen molar-refractivity contribution >= 4 is 0 Å². The Labute approximate surface area is 88.5 Å². The van der Waals surface area contributed by atoms with E-state index in [9.17, 15) is 13.2 Å². The molecule has 1 N–H and O–H groups in total. The van der Waals surface area contributed by atoms with Gasteiger partial charge in [-0.1, -0.05) is 23.4 Å². The maximum absolute atomic E-state index is 12.4. The van der Waals surface area contributed by atoms with Crippen LogP contribution in [0.15, 0.2) is 24.3 Å². The van der Waals surface area contributed by atoms with Gasteiger partial charge in [-0.15, -0.1) is 10.2 Å². The Morgan fingerprint density at radius 3 is 2.69 bits per heavy atom. The highest BCUT2D eigenvalue weighted by Gasteiger charge is 2.30. The molecule has 1 heterocycles. The maximum Gasteiger partial charge on any atom is 0.416 e. The van der Waals surface area contributed by atoms with Gasteiger partial charge in [0.05, 0.1) is 5.56 Å². The molecule has 0 aliphatic heterocycles. The molecule has 0 unspecified atom stereocenters. The van der Waals surface area contributed by atoms with E-state index >= 15 is 0 Å². The molecule has 84 valence electrons. The summed E-state index contributed by atoms with van der Waals surface area (Å²) < 4.78 is 37.2. The van der Waals surface area contributed by atoms with E-state index in [0.717, 1.165) is 12.1 Å². The molecule has 0 bridgehead atoms. The van der Waals surface area contributed by atoms with Crippen LogP contribution in [0.3, 0.4) is 0 Å². The Kier molecular flexibility index (Phi) is 2.59. The Hall–Kier alpha value is -1.92. The maximum atomic E-state index is 12.4. The summed E-state index contributed by atoms with van der Waals surface area (Å²) in [6, 6.07) is 5.06. The van der Waals surface area contributed by atoms with E-state index in [1.54, 1.807) is 6.07 Å². The number of halogens is 3. The van der Waals surface area contributed by atoms with Crippen molar-refractivity contribution in [3.05, 3.63) is 41.2 Å². The first kappa shape index (κ1) is 10.6. The number of aromatic amines is 1. The van der Waals surface area contributed by atoms with E-state index < -0.39 is 11.7 Å². The van der Waals surface area contributed by atoms with Crippen molar-refractivity contribution in [2.75, 3.05) is 0 Å². The van der Waals surface area contributed by atoms with Gasteiger partial charge in [0.1, 0.15) is 0 Å². The summed E-state index contributed by atoms with van der Waals surface area (Å²) in [6.07, 6.45) is -4.10. The van der Waals surface area contributed by atoms with Gasteiger partial charge in [0, 0.05) is 6.42 Å². The first-order valence-electron chi connectivity index (χ1n) is 4.44. The van der Waals surface area contributed by atoms with E-state index in [4.69, 9.17) is 0 Å². The third-order valence-electron chi connectivity index (χ3n) is 2.01. The van der Waals surface area contributed by atoms with E-state index in [1.807, 2.05) is 0 Å². The fourth-order valence-electron chi connectivity index (χ4n) is 1.30. The van der Waals surface area contributed by atoms with Crippen LogP contribution in [-0.2, 0) is 12.6 Å². The molecule has 0 saturated heterocycles. The van der Waals surface area contributed by atoms with Crippen LogP contribution < -0.4 is 0 Å². The molecular formula is C9H7F3N4. The molecule has 0 radical (unpaired) electrons. The highest BCUT2D eigenvalue weighted by Crippen LogP contribution is 2.29. The van der Waals surface area contributed by atoms with Gasteiger partial charge < -0.3 is 0 Å². The zero-order chi connectivity index (χ0) is 11.6. The summed E-state index contributed by atoms with van der Waals surface area (Å²) >= 11 is 0. The number of alkyl halides is 3. The molecule has 2 aromatic rings. The lowest BCUT2D eigenvalue weighted by Crippen LogP contribution is -2.05. The molecule has 1 aromatic heterocycles. The van der Waals surface area contributed by atoms with Gasteiger partial charge in [-0.2, -0.15) is 18.4 Å². The molecular weight excluding hydrogens is 221 g/mol. The lowest BCUT2D eigenvalue weighted by molar-refractivity contribution is -0.137. The molecule has 16 heavy (non-hydrogen) atoms. The van der Waals surface area contributed by atoms with Crippen molar-refractivity contribution in [1.82, 2.24) is 20.6 Å². The Balaban J connectivity index is 2.23. The number of hydrogen-bond acceptors (Lipinski definition) is 3. The lowest BCUT2D eigenvalue weighted by atomic mass is 10.1. The predicted molar refractivity (Wildman–Crippen MR) is 48.4 cm³/mol. The van der Waals surface area contributed by atoms with Gasteiger partial charge in [0.15, 0.2) is 5.82 Å². The third-order valence-corrected chi connectivity index (χ3v) is 2.01. The molecule has 0 aliphatic carbocycles. The summed E-state index contributed by atoms with van der Waals surface area (Å²) in [7, 11) is 0. The molecule has 1 aromatic carbocycles. The number of hydrogen-bond donors (Lipinski definition) is 1. The predicted octanol–water partition coefficient (Wildman–Crippen LogP) is 1.81. The summed E-state index contributed by atoms with van der Waals surface area (Å²) in [5.41, 5.74) is -0.176. The largest absolute Gasteiger partial charge is 0.416 e. The SMILES string of the molecule is FC(F)(F)c1cccc(Cc2nn[nH]n2)c1. The van der Waals surface area contributed by atoms with Gasteiger partial charge >= 0.3 is 6.18 Å². The molecule has 0 spiro atoms. The van der Waals surface area contributed by atoms with Crippen molar-refractivity contribution in [3.63, 3.8) is 0 Å². The summed E-state index contributed by atoms with van der Waals surface area (Å²) in [5, 5.41) is 12.9. The zero-order valence-corrected chi connectivity index (χ0v) is 7.99. The standard InChI is InChI=1S/C9H7F3N4/c10-9(11,12)7-3-1-2-6(4-7)5-8-13-15-16-14-8/h1-4H,5H2,(H,13,14,15,16). The van der Waals surface area contributed by atoms with Crippen molar-refractivity contribution in [2.45, 2.75) is 12.6 Å². The van der Waals surface area contributed by atoms with Crippen LogP contribution in [0, 0.1) is 0 Å². The van der Waals surface area contributed by atoms with Gasteiger partial charge in [-0.3, -0.25) is 0 Å². The van der Waals surface area contributed by atoms with Crippen LogP contribution in [0.1, 0.15) is 17.0 Å². The Morgan fingerprint density at radius 1 is 1.25 bits per heavy atom. The van der Waals surface area contributed by atoms with E-state index in [-0.39, 0.29) is 6.42 Å². The molecule has 4 nitrogen and oxygen atoms in total. The highest BCUT2D eigenvalue weighted by atomic mass is 19.4. The average molecular weight is 228 g/mol. The van der Waals surface area contributed by atoms with E-state index in [0.29, 0.717) is 11.4 Å². The van der Waals surface area contributed by atoms with Gasteiger partial charge in [-0.25, -0.2) is 0 Å². The second-order valence-electron chi connectivity index (χ2n) is 3.20. The molecule has 7 heteroatoms. The molecule has 0 atom stereocenters. The molecule has 0 amide bonds. The highest BCUT2D eigenvalue weighted by molar-refractivity contribution is 5.27. The van der Waals surface area contributed by atoms with Crippen LogP contribution in [0.2, 0.25) is 0 Å². The van der Waals surface area contributed by atoms with Crippen molar-refractivity contribution < 1.29 is 13.2 Å². The monoisotopic (exact) mass is 228 g/mol. The third kappa shape index (κ3) is 2.36. The normalized spacial score (nSPS) is 11.7. The Bertz CT molecular complexity index is 464. The number of aromatic nitrogens is 4. The minimum atomic E-state index is -4.33. The van der Waals surface area contributed by atoms with Crippen LogP contribution in [-0.4, -0.2) is 20.6 Å². The number of tetrazole rings is 1. The van der Waals surface area contributed by atoms with Crippen LogP contribution >= 0.6 is 0 Å². The van der Waals surface area contributed by atoms with Crippen LogP contribution in [0.5, 0.6) is 0 Å². The first-order valence-corrected chi connectivity index (χ1v) is 4.44. The zero-order valence-electron chi connectivity index (χ0n) is 7.99. The van der Waals surface area contributed by atoms with Gasteiger partial charge in [-0.05, 0) is 11.6 Å². The summed E-state index contributed by atoms with van der Waals surface area (Å²) in [5.74, 6) is 0.360. The minimum Gasteiger partial charge on any atom is -0.177 e. The van der Waals surface area contributed by atoms with Crippen molar-refractivity contribution in [3.8, 4) is 0 Å². The van der Waals surface area contributed by atoms with Crippen molar-refractivity contribution in [1.29, 1.82) is 0 Å². The molecule has 0 fully saturated rings. The van der Waals surface area contributed by atoms with Crippen LogP contribution in [0.4, 0.5) is 13.2 Å². The topological polar surface area (TPSA) is 54.5 Å². The fourth-order valence-corrected chi connectivity index (χ4v) is 1.30. The van der Waals surface area contributed by atoms with Crippen LogP contribution in [0.25, 0.3) is 0 Å². The number of benzene rings is 1. The van der Waals surface area contributed by atoms with Crippen molar-refractivity contribution in [2.24, 2.45) is 0 Å². The number of H-pyrrole nitrogens is 1. The smallest absolute Gasteiger partial charge is 0.177 e. The molecule has 2 rings (SSSR count). The van der Waals surface area contributed by atoms with Gasteiger partial charge in [0.25, 0.3) is 0 Å². The number of nitrogens with one attached hydrogen (secondary N) is 1. The second-order valence-corrected chi connectivity index (χ2v) is 3.20. The average Bonchev–Trinajstić information content (AvgIpc) is 2.70. The fraction of sp³-hybridized carbons (Fsp3) is 0.222. The second kappa shape index (κ2) is 3.92. The minimum absolute atomic E-state index is 0.223. The van der Waals surface area contributed by atoms with E-state index in [2.05, 4.69) is 20.6 Å². The number of nitrogens with zero attached hydrogens (tertiary/aromatic N) is 3. The molecule has 0 saturated carbocycles. The first-order chi connectivity index (χ1) is 7.55. The van der Waals surface area contributed by atoms with Gasteiger partial charge in [0.2, 0.25) is 0 Å². The lowest BCUT2D eigenvalue weighted by Gasteiger charge is -2.07. The summed E-state index contributed by atoms with van der Waals surface area (Å²) in [4.78, 5) is 0. The Morgan fingerprint density at radius 2 is 2.06 bits per heavy atom. The molecule has 0 aliphatic rings. The number of rotatable bonds is 2. The quantitative estimate of drug-likeness (QED) is 0.852.